The normalized spacial score (nSPS) is 13.0. The summed E-state index contributed by atoms with van der Waals surface area (Å²) in [5.41, 5.74) is -0.104. The maximum Gasteiger partial charge on any atom is 0.433 e. The third kappa shape index (κ3) is 5.29. The Bertz CT molecular complexity index is 723. The smallest absolute Gasteiger partial charge is 0.350 e. The van der Waals surface area contributed by atoms with Crippen LogP contribution in [0.1, 0.15) is 47.2 Å². The summed E-state index contributed by atoms with van der Waals surface area (Å²) >= 11 is 1.44. The minimum atomic E-state index is -4.44. The maximum atomic E-state index is 13.0. The summed E-state index contributed by atoms with van der Waals surface area (Å²) in [7, 11) is 0. The molecule has 0 aliphatic rings. The lowest BCUT2D eigenvalue weighted by molar-refractivity contribution is -0.144. The van der Waals surface area contributed by atoms with E-state index in [2.05, 4.69) is 15.4 Å². The lowest BCUT2D eigenvalue weighted by atomic mass is 10.2. The molecule has 2 aromatic rings. The van der Waals surface area contributed by atoms with Crippen LogP contribution in [0.4, 0.5) is 13.2 Å². The summed E-state index contributed by atoms with van der Waals surface area (Å²) in [5.74, 6) is -0.517. The first kappa shape index (κ1) is 19.4. The molecule has 0 radical (unpaired) electrons. The van der Waals surface area contributed by atoms with Gasteiger partial charge in [0.1, 0.15) is 11.4 Å². The number of carbonyl (C=O) groups is 1. The molecular formula is C16H21F3N4OS. The monoisotopic (exact) mass is 374 g/mol. The number of aromatic nitrogens is 3. The van der Waals surface area contributed by atoms with Gasteiger partial charge in [-0.1, -0.05) is 13.8 Å². The van der Waals surface area contributed by atoms with E-state index in [0.29, 0.717) is 11.4 Å². The highest BCUT2D eigenvalue weighted by Crippen LogP contribution is 2.30. The quantitative estimate of drug-likeness (QED) is 0.804. The Kier molecular flexibility index (Phi) is 6.21. The Morgan fingerprint density at radius 1 is 1.44 bits per heavy atom. The van der Waals surface area contributed by atoms with Crippen molar-refractivity contribution in [3.63, 3.8) is 0 Å². The molecule has 2 aromatic heterocycles. The van der Waals surface area contributed by atoms with Gasteiger partial charge in [0.25, 0.3) is 5.91 Å². The number of carbonyl (C=O) groups excluding carboxylic acids is 1. The minimum Gasteiger partial charge on any atom is -0.350 e. The van der Waals surface area contributed by atoms with Gasteiger partial charge >= 0.3 is 6.18 Å². The van der Waals surface area contributed by atoms with E-state index in [1.54, 1.807) is 12.3 Å². The standard InChI is InChI=1S/C16H21F3N4OS/c1-4-5-14-21-12(9-25-14)15(24)20-7-10(2)8-23-13(16(17,18)19)6-11(3)22-23/h6,9-10H,4-5,7-8H2,1-3H3,(H,20,24)/t10-/m0/s1. The van der Waals surface area contributed by atoms with E-state index in [1.165, 1.54) is 18.3 Å². The van der Waals surface area contributed by atoms with Gasteiger partial charge in [0.2, 0.25) is 0 Å². The number of hydrogen-bond donors (Lipinski definition) is 1. The Morgan fingerprint density at radius 3 is 2.80 bits per heavy atom. The average molecular weight is 374 g/mol. The lowest BCUT2D eigenvalue weighted by Crippen LogP contribution is -2.31. The molecule has 5 nitrogen and oxygen atoms in total. The van der Waals surface area contributed by atoms with Crippen LogP contribution in [0, 0.1) is 12.8 Å². The molecule has 0 aliphatic carbocycles. The van der Waals surface area contributed by atoms with Crippen molar-refractivity contribution in [1.29, 1.82) is 0 Å². The number of nitrogens with one attached hydrogen (secondary N) is 1. The molecule has 0 aromatic carbocycles. The molecular weight excluding hydrogens is 353 g/mol. The molecule has 25 heavy (non-hydrogen) atoms. The Morgan fingerprint density at radius 2 is 2.16 bits per heavy atom. The van der Waals surface area contributed by atoms with Crippen molar-refractivity contribution in [2.45, 2.75) is 46.3 Å². The molecule has 1 amide bonds. The average Bonchev–Trinajstić information content (AvgIpc) is 3.11. The molecule has 0 saturated carbocycles. The van der Waals surface area contributed by atoms with Crippen molar-refractivity contribution in [3.05, 3.63) is 33.5 Å². The summed E-state index contributed by atoms with van der Waals surface area (Å²) in [5, 5.41) is 9.22. The number of nitrogens with zero attached hydrogens (tertiary/aromatic N) is 3. The van der Waals surface area contributed by atoms with Gasteiger partial charge in [0.15, 0.2) is 0 Å². The lowest BCUT2D eigenvalue weighted by Gasteiger charge is -2.15. The maximum absolute atomic E-state index is 13.0. The molecule has 0 fully saturated rings. The largest absolute Gasteiger partial charge is 0.433 e. The fraction of sp³-hybridized carbons (Fsp3) is 0.562. The van der Waals surface area contributed by atoms with Gasteiger partial charge < -0.3 is 5.32 Å². The third-order valence-electron chi connectivity index (χ3n) is 3.54. The van der Waals surface area contributed by atoms with Crippen LogP contribution in [0.2, 0.25) is 0 Å². The number of alkyl halides is 3. The number of hydrogen-bond acceptors (Lipinski definition) is 4. The molecule has 2 rings (SSSR count). The topological polar surface area (TPSA) is 59.8 Å². The first-order valence-corrected chi connectivity index (χ1v) is 8.93. The summed E-state index contributed by atoms with van der Waals surface area (Å²) in [6, 6.07) is 1.02. The number of aryl methyl sites for hydroxylation is 2. The van der Waals surface area contributed by atoms with E-state index in [9.17, 15) is 18.0 Å². The molecule has 138 valence electrons. The predicted molar refractivity (Wildman–Crippen MR) is 89.6 cm³/mol. The van der Waals surface area contributed by atoms with E-state index in [-0.39, 0.29) is 24.9 Å². The van der Waals surface area contributed by atoms with Gasteiger partial charge in [-0.3, -0.25) is 9.48 Å². The van der Waals surface area contributed by atoms with Crippen LogP contribution < -0.4 is 5.32 Å². The van der Waals surface area contributed by atoms with E-state index in [0.717, 1.165) is 28.6 Å². The molecule has 1 N–H and O–H groups in total. The number of thiazole rings is 1. The molecule has 0 aliphatic heterocycles. The molecule has 0 spiro atoms. The van der Waals surface area contributed by atoms with Crippen molar-refractivity contribution in [2.75, 3.05) is 6.54 Å². The second-order valence-corrected chi connectivity index (χ2v) is 6.99. The van der Waals surface area contributed by atoms with Crippen LogP contribution in [0.5, 0.6) is 0 Å². The molecule has 1 atom stereocenters. The highest BCUT2D eigenvalue weighted by atomic mass is 32.1. The number of halogens is 3. The second kappa shape index (κ2) is 7.99. The predicted octanol–water partition coefficient (Wildman–Crippen LogP) is 3.69. The van der Waals surface area contributed by atoms with Gasteiger partial charge in [0, 0.05) is 18.5 Å². The zero-order chi connectivity index (χ0) is 18.6. The Hall–Kier alpha value is -1.90. The summed E-state index contributed by atoms with van der Waals surface area (Å²) < 4.78 is 39.9. The third-order valence-corrected chi connectivity index (χ3v) is 4.45. The van der Waals surface area contributed by atoms with Gasteiger partial charge in [-0.2, -0.15) is 18.3 Å². The van der Waals surface area contributed by atoms with Crippen LogP contribution in [0.3, 0.4) is 0 Å². The van der Waals surface area contributed by atoms with Gasteiger partial charge in [-0.25, -0.2) is 4.98 Å². The Balaban J connectivity index is 1.92. The first-order valence-electron chi connectivity index (χ1n) is 8.05. The highest BCUT2D eigenvalue weighted by molar-refractivity contribution is 7.09. The van der Waals surface area contributed by atoms with Crippen LogP contribution in [-0.4, -0.2) is 27.2 Å². The molecule has 0 saturated heterocycles. The fourth-order valence-electron chi connectivity index (χ4n) is 2.37. The van der Waals surface area contributed by atoms with E-state index in [1.807, 2.05) is 6.92 Å². The van der Waals surface area contributed by atoms with Crippen molar-refractivity contribution < 1.29 is 18.0 Å². The molecule has 0 bridgehead atoms. The SMILES string of the molecule is CCCc1nc(C(=O)NC[C@H](C)Cn2nc(C)cc2C(F)(F)F)cs1. The molecule has 9 heteroatoms. The molecule has 0 unspecified atom stereocenters. The fourth-order valence-corrected chi connectivity index (χ4v) is 3.25. The van der Waals surface area contributed by atoms with E-state index >= 15 is 0 Å². The summed E-state index contributed by atoms with van der Waals surface area (Å²) in [4.78, 5) is 16.3. The van der Waals surface area contributed by atoms with Gasteiger partial charge in [-0.15, -0.1) is 11.3 Å². The van der Waals surface area contributed by atoms with Gasteiger partial charge in [-0.05, 0) is 31.7 Å². The summed E-state index contributed by atoms with van der Waals surface area (Å²) in [6.45, 7) is 5.64. The van der Waals surface area contributed by atoms with Crippen LogP contribution in [-0.2, 0) is 19.1 Å². The minimum absolute atomic E-state index is 0.0705. The van der Waals surface area contributed by atoms with Crippen molar-refractivity contribution >= 4 is 17.2 Å². The zero-order valence-corrected chi connectivity index (χ0v) is 15.2. The van der Waals surface area contributed by atoms with E-state index in [4.69, 9.17) is 0 Å². The Labute approximate surface area is 148 Å². The second-order valence-electron chi connectivity index (χ2n) is 6.04. The van der Waals surface area contributed by atoms with E-state index < -0.39 is 11.9 Å². The van der Waals surface area contributed by atoms with Crippen molar-refractivity contribution in [3.8, 4) is 0 Å². The zero-order valence-electron chi connectivity index (χ0n) is 14.4. The highest BCUT2D eigenvalue weighted by Gasteiger charge is 2.35. The van der Waals surface area contributed by atoms with Crippen LogP contribution in [0.15, 0.2) is 11.4 Å². The molecule has 2 heterocycles. The van der Waals surface area contributed by atoms with Crippen molar-refractivity contribution in [1.82, 2.24) is 20.1 Å². The first-order chi connectivity index (χ1) is 11.7. The van der Waals surface area contributed by atoms with Crippen molar-refractivity contribution in [2.24, 2.45) is 5.92 Å². The number of rotatable bonds is 7. The van der Waals surface area contributed by atoms with Crippen LogP contribution >= 0.6 is 11.3 Å². The van der Waals surface area contributed by atoms with Gasteiger partial charge in [0.05, 0.1) is 10.7 Å². The number of amides is 1. The van der Waals surface area contributed by atoms with Crippen LogP contribution in [0.25, 0.3) is 0 Å². The summed E-state index contributed by atoms with van der Waals surface area (Å²) in [6.07, 6.45) is -2.66.